The van der Waals surface area contributed by atoms with Crippen LogP contribution in [0.15, 0.2) is 66.9 Å². The van der Waals surface area contributed by atoms with Crippen LogP contribution in [0.1, 0.15) is 62.1 Å². The topological polar surface area (TPSA) is 133 Å². The summed E-state index contributed by atoms with van der Waals surface area (Å²) in [7, 11) is 0. The van der Waals surface area contributed by atoms with Crippen LogP contribution in [0.5, 0.6) is 0 Å². The second-order valence-electron chi connectivity index (χ2n) is 11.7. The fourth-order valence-corrected chi connectivity index (χ4v) is 6.12. The average Bonchev–Trinajstić information content (AvgIpc) is 3.68. The van der Waals surface area contributed by atoms with E-state index >= 15 is 0 Å². The number of carbonyl (C=O) groups excluding carboxylic acids is 4. The molecule has 2 aromatic carbocycles. The first-order chi connectivity index (χ1) is 20.7. The highest BCUT2D eigenvalue weighted by molar-refractivity contribution is 5.93. The third-order valence-corrected chi connectivity index (χ3v) is 8.42. The van der Waals surface area contributed by atoms with Gasteiger partial charge in [-0.3, -0.25) is 19.2 Å². The zero-order chi connectivity index (χ0) is 30.9. The summed E-state index contributed by atoms with van der Waals surface area (Å²) in [5.41, 5.74) is 9.16. The number of carbonyl (C=O) groups is 4. The van der Waals surface area contributed by atoms with Gasteiger partial charge in [-0.25, -0.2) is 0 Å². The van der Waals surface area contributed by atoms with Gasteiger partial charge in [0, 0.05) is 44.8 Å². The van der Waals surface area contributed by atoms with E-state index in [0.717, 1.165) is 23.1 Å². The maximum absolute atomic E-state index is 14.0. The van der Waals surface area contributed by atoms with Gasteiger partial charge >= 0.3 is 0 Å². The number of hydrogen-bond donors (Lipinski definition) is 3. The Balaban J connectivity index is 1.42. The summed E-state index contributed by atoms with van der Waals surface area (Å²) in [6, 6.07) is 14.8. The van der Waals surface area contributed by atoms with Crippen LogP contribution < -0.4 is 11.1 Å². The van der Waals surface area contributed by atoms with Gasteiger partial charge in [0.15, 0.2) is 0 Å². The van der Waals surface area contributed by atoms with Crippen LogP contribution in [0.3, 0.4) is 0 Å². The normalized spacial score (nSPS) is 19.6. The number of nitrogens with one attached hydrogen (secondary N) is 1. The summed E-state index contributed by atoms with van der Waals surface area (Å²) in [6.45, 7) is 6.43. The number of hydrogen-bond acceptors (Lipinski definition) is 6. The van der Waals surface area contributed by atoms with Crippen molar-refractivity contribution in [3.05, 3.63) is 83.6 Å². The van der Waals surface area contributed by atoms with Gasteiger partial charge < -0.3 is 26.0 Å². The van der Waals surface area contributed by atoms with Gasteiger partial charge in [0.1, 0.15) is 23.6 Å². The number of aliphatic hydroxyl groups excluding tert-OH is 1. The van der Waals surface area contributed by atoms with E-state index in [4.69, 9.17) is 5.73 Å². The van der Waals surface area contributed by atoms with Crippen LogP contribution in [-0.4, -0.2) is 75.7 Å². The Labute approximate surface area is 254 Å². The van der Waals surface area contributed by atoms with Crippen LogP contribution in [0.25, 0.3) is 0 Å². The Bertz CT molecular complexity index is 1300. The molecule has 4 atom stereocenters. The number of ketones is 1. The lowest BCUT2D eigenvalue weighted by atomic mass is 10.00. The Kier molecular flexibility index (Phi) is 11.1. The molecule has 0 spiro atoms. The Hall–Kier alpha value is -3.98. The van der Waals surface area contributed by atoms with E-state index < -0.39 is 24.2 Å². The van der Waals surface area contributed by atoms with E-state index in [0.29, 0.717) is 51.6 Å². The minimum Gasteiger partial charge on any atom is -0.511 e. The summed E-state index contributed by atoms with van der Waals surface area (Å²) in [5.74, 6) is -0.653. The van der Waals surface area contributed by atoms with Crippen LogP contribution in [0.2, 0.25) is 0 Å². The SMILES string of the molecule is C=C(O)C1CCCN1C(=O)C1CCCN1C(=O)C(Cc1ccccc1)NC(=O)CC(N)Cc1ccc(CC(=O)CC)cc1. The molecule has 2 fully saturated rings. The number of benzene rings is 2. The molecular formula is C34H44N4O5. The molecule has 9 nitrogen and oxygen atoms in total. The van der Waals surface area contributed by atoms with Crippen molar-refractivity contribution in [1.29, 1.82) is 0 Å². The molecule has 0 bridgehead atoms. The van der Waals surface area contributed by atoms with Gasteiger partial charge in [0.05, 0.1) is 6.04 Å². The molecule has 230 valence electrons. The summed E-state index contributed by atoms with van der Waals surface area (Å²) in [5, 5.41) is 12.9. The highest BCUT2D eigenvalue weighted by Gasteiger charge is 2.42. The summed E-state index contributed by atoms with van der Waals surface area (Å²) in [6.07, 6.45) is 4.34. The smallest absolute Gasteiger partial charge is 0.246 e. The predicted octanol–water partition coefficient (Wildman–Crippen LogP) is 3.25. The summed E-state index contributed by atoms with van der Waals surface area (Å²) >= 11 is 0. The van der Waals surface area contributed by atoms with Gasteiger partial charge in [-0.05, 0) is 48.8 Å². The summed E-state index contributed by atoms with van der Waals surface area (Å²) < 4.78 is 0. The van der Waals surface area contributed by atoms with Crippen LogP contribution in [0.4, 0.5) is 0 Å². The van der Waals surface area contributed by atoms with Crippen molar-refractivity contribution >= 4 is 23.5 Å². The Morgan fingerprint density at radius 2 is 1.51 bits per heavy atom. The first-order valence-corrected chi connectivity index (χ1v) is 15.3. The quantitative estimate of drug-likeness (QED) is 0.308. The molecule has 0 aromatic heterocycles. The number of nitrogens with two attached hydrogens (primary N) is 1. The molecular weight excluding hydrogens is 544 g/mol. The van der Waals surface area contributed by atoms with Crippen molar-refractivity contribution in [2.24, 2.45) is 5.73 Å². The number of nitrogens with zero attached hydrogens (tertiary/aromatic N) is 2. The zero-order valence-corrected chi connectivity index (χ0v) is 25.0. The van der Waals surface area contributed by atoms with E-state index in [-0.39, 0.29) is 42.1 Å². The van der Waals surface area contributed by atoms with E-state index in [2.05, 4.69) is 11.9 Å². The lowest BCUT2D eigenvalue weighted by Gasteiger charge is -2.33. The number of amides is 3. The Morgan fingerprint density at radius 3 is 2.16 bits per heavy atom. The highest BCUT2D eigenvalue weighted by atomic mass is 16.3. The van der Waals surface area contributed by atoms with Crippen molar-refractivity contribution in [2.75, 3.05) is 13.1 Å². The number of rotatable bonds is 13. The van der Waals surface area contributed by atoms with Crippen LogP contribution in [-0.2, 0) is 38.4 Å². The lowest BCUT2D eigenvalue weighted by molar-refractivity contribution is -0.146. The molecule has 0 aliphatic carbocycles. The van der Waals surface area contributed by atoms with Crippen molar-refractivity contribution in [3.8, 4) is 0 Å². The second kappa shape index (κ2) is 15.0. The maximum atomic E-state index is 14.0. The third kappa shape index (κ3) is 8.54. The first-order valence-electron chi connectivity index (χ1n) is 15.3. The van der Waals surface area contributed by atoms with Crippen molar-refractivity contribution in [1.82, 2.24) is 15.1 Å². The number of Topliss-reactive ketones (excluding diaryl/α,β-unsaturated/α-hetero) is 1. The monoisotopic (exact) mass is 588 g/mol. The van der Waals surface area contributed by atoms with E-state index in [1.54, 1.807) is 9.80 Å². The maximum Gasteiger partial charge on any atom is 0.246 e. The fourth-order valence-electron chi connectivity index (χ4n) is 6.12. The molecule has 9 heteroatoms. The number of aliphatic hydroxyl groups is 1. The predicted molar refractivity (Wildman–Crippen MR) is 165 cm³/mol. The molecule has 2 heterocycles. The third-order valence-electron chi connectivity index (χ3n) is 8.42. The van der Waals surface area contributed by atoms with Gasteiger partial charge in [0.2, 0.25) is 17.7 Å². The average molecular weight is 589 g/mol. The first kappa shape index (κ1) is 31.9. The molecule has 43 heavy (non-hydrogen) atoms. The van der Waals surface area contributed by atoms with Crippen LogP contribution >= 0.6 is 0 Å². The zero-order valence-electron chi connectivity index (χ0n) is 25.0. The molecule has 4 N–H and O–H groups in total. The van der Waals surface area contributed by atoms with Crippen molar-refractivity contribution in [2.45, 2.75) is 88.9 Å². The van der Waals surface area contributed by atoms with Gasteiger partial charge in [-0.1, -0.05) is 68.1 Å². The standard InChI is InChI=1S/C34H44N4O5/c1-3-28(40)20-26-15-13-25(14-16-26)19-27(35)22-32(41)36-29(21-24-9-5-4-6-10-24)33(42)38-18-8-12-31(38)34(43)37-17-7-11-30(37)23(2)39/h4-6,9-10,13-16,27,29-31,39H,2-3,7-8,11-12,17-22,35H2,1H3,(H,36,41). The molecule has 2 aliphatic rings. The number of likely N-dealkylation sites (tertiary alicyclic amines) is 2. The minimum absolute atomic E-state index is 0.0326. The lowest BCUT2D eigenvalue weighted by Crippen LogP contribution is -2.55. The summed E-state index contributed by atoms with van der Waals surface area (Å²) in [4.78, 5) is 55.7. The van der Waals surface area contributed by atoms with Crippen molar-refractivity contribution in [3.63, 3.8) is 0 Å². The molecule has 0 radical (unpaired) electrons. The second-order valence-corrected chi connectivity index (χ2v) is 11.7. The molecule has 3 amide bonds. The molecule has 0 saturated carbocycles. The largest absolute Gasteiger partial charge is 0.511 e. The Morgan fingerprint density at radius 1 is 0.907 bits per heavy atom. The van der Waals surface area contributed by atoms with E-state index in [1.165, 1.54) is 0 Å². The van der Waals surface area contributed by atoms with Gasteiger partial charge in [-0.2, -0.15) is 0 Å². The fraction of sp³-hybridized carbons (Fsp3) is 0.471. The molecule has 2 aliphatic heterocycles. The van der Waals surface area contributed by atoms with Crippen molar-refractivity contribution < 1.29 is 24.3 Å². The molecule has 4 rings (SSSR count). The molecule has 2 aromatic rings. The van der Waals surface area contributed by atoms with E-state index in [9.17, 15) is 24.3 Å². The van der Waals surface area contributed by atoms with Gasteiger partial charge in [-0.15, -0.1) is 0 Å². The molecule has 2 saturated heterocycles. The minimum atomic E-state index is -0.854. The highest BCUT2D eigenvalue weighted by Crippen LogP contribution is 2.27. The molecule has 4 unspecified atom stereocenters. The van der Waals surface area contributed by atoms with E-state index in [1.807, 2.05) is 61.5 Å². The van der Waals surface area contributed by atoms with Crippen LogP contribution in [0, 0.1) is 0 Å². The van der Waals surface area contributed by atoms with Gasteiger partial charge in [0.25, 0.3) is 0 Å².